The van der Waals surface area contributed by atoms with Crippen molar-refractivity contribution in [1.29, 1.82) is 0 Å². The van der Waals surface area contributed by atoms with Crippen LogP contribution in [0.3, 0.4) is 0 Å². The molecule has 0 bridgehead atoms. The molecule has 8 unspecified atom stereocenters. The third-order valence-corrected chi connectivity index (χ3v) is 18.1. The van der Waals surface area contributed by atoms with E-state index in [-0.39, 0.29) is 57.8 Å². The Morgan fingerprint density at radius 1 is 0.699 bits per heavy atom. The Hall–Kier alpha value is -6.00. The monoisotopic (exact) mass is 1250 g/mol. The molecule has 450 valence electrons. The highest BCUT2D eigenvalue weighted by atomic mass is 31.3. The van der Waals surface area contributed by atoms with Gasteiger partial charge in [0, 0.05) is 13.7 Å². The predicted octanol–water partition coefficient (Wildman–Crippen LogP) is -2.13. The number of hydrogen-bond acceptors (Lipinski definition) is 30. The summed E-state index contributed by atoms with van der Waals surface area (Å²) in [5.74, 6) is -1.56. The number of methoxy groups -OCH3 is 1. The smallest absolute Gasteiger partial charge is 0.490 e. The van der Waals surface area contributed by atoms with Crippen LogP contribution in [-0.2, 0) is 77.5 Å². The van der Waals surface area contributed by atoms with Gasteiger partial charge in [-0.15, -0.1) is 0 Å². The number of aromatic amines is 1. The minimum atomic E-state index is -6.24. The molecule has 0 amide bonds. The molecule has 0 radical (unpaired) electrons. The summed E-state index contributed by atoms with van der Waals surface area (Å²) in [5, 5.41) is 56.8. The van der Waals surface area contributed by atoms with Crippen LogP contribution in [-0.4, -0.2) is 181 Å². The number of phosphoric acid groups is 4. The number of nitrogens with zero attached hydrogens (tertiary/aromatic N) is 11. The van der Waals surface area contributed by atoms with E-state index in [2.05, 4.69) is 53.8 Å². The van der Waals surface area contributed by atoms with Crippen molar-refractivity contribution < 1.29 is 118 Å². The first-order chi connectivity index (χ1) is 39.1. The number of ether oxygens (including phenoxy) is 4. The van der Waals surface area contributed by atoms with Gasteiger partial charge in [0.05, 0.1) is 39.5 Å². The van der Waals surface area contributed by atoms with Gasteiger partial charge in [-0.25, -0.2) is 47.2 Å². The molecule has 7 aromatic rings. The molecule has 0 aliphatic carbocycles. The van der Waals surface area contributed by atoms with Gasteiger partial charge >= 0.3 is 31.3 Å². The third-order valence-electron chi connectivity index (χ3n) is 12.9. The second kappa shape index (κ2) is 23.1. The summed E-state index contributed by atoms with van der Waals surface area (Å²) >= 11 is 0. The first-order valence-electron chi connectivity index (χ1n) is 23.8. The average Bonchev–Trinajstić information content (AvgIpc) is 4.48. The predicted molar refractivity (Wildman–Crippen MR) is 267 cm³/mol. The summed E-state index contributed by atoms with van der Waals surface area (Å²) in [6, 6.07) is 5.54. The summed E-state index contributed by atoms with van der Waals surface area (Å²) in [6.07, 6.45) is -15.9. The van der Waals surface area contributed by atoms with Gasteiger partial charge < -0.3 is 80.8 Å². The zero-order valence-electron chi connectivity index (χ0n) is 42.3. The highest BCUT2D eigenvalue weighted by molar-refractivity contribution is 7.66. The number of anilines is 3. The lowest BCUT2D eigenvalue weighted by Gasteiger charge is -2.26. The molecular formula is C39H49FN15O24P4+. The molecule has 44 heteroatoms. The molecule has 10 rings (SSSR count). The molecule has 0 spiro atoms. The van der Waals surface area contributed by atoms with Crippen LogP contribution in [0.15, 0.2) is 54.4 Å². The number of aryl methyl sites for hydroxylation is 1. The number of phosphoric ester groups is 3. The molecule has 3 aliphatic heterocycles. The van der Waals surface area contributed by atoms with E-state index in [1.807, 2.05) is 0 Å². The second-order valence-electron chi connectivity index (χ2n) is 18.4. The number of aromatic nitrogens is 12. The second-order valence-corrected chi connectivity index (χ2v) is 24.4. The van der Waals surface area contributed by atoms with Crippen molar-refractivity contribution in [1.82, 2.24) is 53.6 Å². The van der Waals surface area contributed by atoms with Crippen LogP contribution in [0.4, 0.5) is 22.1 Å². The number of nitrogen functional groups attached to an aromatic ring is 2. The van der Waals surface area contributed by atoms with Crippen molar-refractivity contribution in [2.45, 2.75) is 80.2 Å². The molecule has 39 nitrogen and oxygen atoms in total. The molecule has 3 aliphatic rings. The number of H-pyrrole nitrogens is 1. The number of nitrogens with two attached hydrogens (primary N) is 2. The maximum absolute atomic E-state index is 13.9. The van der Waals surface area contributed by atoms with E-state index in [9.17, 15) is 72.6 Å². The van der Waals surface area contributed by atoms with Gasteiger partial charge in [0.15, 0.2) is 40.6 Å². The SMILES string of the molecule is CO[C@H]1C(OP(=O)(O)OC[C@H]2O[C@@H](n3cnc4c(=O)[nH]c(N)nc43)[C@@H](O)C2O)[C@@H](COP(=O)(O)OP(=O)(O)OP(=O)(O)OC[C@H]2O[C@@H](n3c[n+](C)c4c(O)nc(N)nc43)C(O)C2O)O[C@H]1n1cnc2c(NCc3ccc(F)cc3)ncnc21. The number of rotatable bonds is 22. The standard InChI is InChI=1S/C39H48FN15O24P4/c1-52-14-55(32-22(52)34(61)51-39(42)49-32)36-26(59)24(57)18(75-36)9-72-81(64,65)78-83(68,69)79-82(66,67)73-10-19-27(28(70-2)37(76-19)53-12-46-20-29(44-11-45-30(20)53)43-7-15-3-5-16(40)6-4-15)77-80(62,63)71-8-17-23(56)25(58)35(74-17)54-13-47-21-31(54)48-38(41)50-33(21)60/h3-6,11-14,17-19,23-28,35-37,56-59H,7-10H2,1-2H3,(H10-,41,42,43,44,45,48,49,50,51,60,61,62,63,64,65,66,67,68,69)/p+1/t17-,18-,19-,23?,24?,25+,26?,27?,28+,35-,36-,37-/m1/s1. The molecule has 16 atom stereocenters. The molecule has 6 aromatic heterocycles. The van der Waals surface area contributed by atoms with Crippen molar-refractivity contribution in [2.75, 3.05) is 43.7 Å². The molecule has 3 saturated heterocycles. The van der Waals surface area contributed by atoms with Gasteiger partial charge in [0.25, 0.3) is 22.6 Å². The maximum atomic E-state index is 13.9. The number of aromatic hydroxyl groups is 1. The van der Waals surface area contributed by atoms with E-state index in [0.29, 0.717) is 5.56 Å². The van der Waals surface area contributed by atoms with Crippen molar-refractivity contribution in [3.05, 3.63) is 71.3 Å². The first kappa shape index (κ1) is 60.1. The number of benzene rings is 1. The summed E-state index contributed by atoms with van der Waals surface area (Å²) in [6.45, 7) is -3.32. The minimum absolute atomic E-state index is 0.0202. The largest absolute Gasteiger partial charge is 0.490 e. The zero-order valence-corrected chi connectivity index (χ0v) is 45.8. The van der Waals surface area contributed by atoms with Gasteiger partial charge in [-0.3, -0.25) is 37.0 Å². The lowest BCUT2D eigenvalue weighted by molar-refractivity contribution is -0.646. The van der Waals surface area contributed by atoms with Gasteiger partial charge in [-0.1, -0.05) is 12.1 Å². The summed E-state index contributed by atoms with van der Waals surface area (Å²) < 4.78 is 124. The zero-order chi connectivity index (χ0) is 59.7. The number of hydrogen-bond donors (Lipinski definition) is 13. The Morgan fingerprint density at radius 3 is 1.89 bits per heavy atom. The van der Waals surface area contributed by atoms with Crippen molar-refractivity contribution in [2.24, 2.45) is 7.05 Å². The fourth-order valence-electron chi connectivity index (χ4n) is 9.16. The highest BCUT2D eigenvalue weighted by Crippen LogP contribution is 2.68. The van der Waals surface area contributed by atoms with E-state index in [4.69, 9.17) is 48.5 Å². The normalized spacial score (nSPS) is 28.6. The fourth-order valence-corrected chi connectivity index (χ4v) is 13.6. The molecular weight excluding hydrogens is 1210 g/mol. The van der Waals surface area contributed by atoms with Gasteiger partial charge in [0.2, 0.25) is 24.5 Å². The first-order valence-corrected chi connectivity index (χ1v) is 29.8. The number of aliphatic hydroxyl groups is 4. The minimum Gasteiger partial charge on any atom is -0.490 e. The van der Waals surface area contributed by atoms with Gasteiger partial charge in [-0.2, -0.15) is 28.1 Å². The van der Waals surface area contributed by atoms with E-state index >= 15 is 0 Å². The van der Waals surface area contributed by atoms with Crippen LogP contribution >= 0.6 is 31.3 Å². The quantitative estimate of drug-likeness (QED) is 0.0255. The Balaban J connectivity index is 0.829. The molecule has 3 fully saturated rings. The van der Waals surface area contributed by atoms with E-state index in [1.165, 1.54) is 53.1 Å². The van der Waals surface area contributed by atoms with Gasteiger partial charge in [-0.05, 0) is 17.7 Å². The third kappa shape index (κ3) is 12.6. The van der Waals surface area contributed by atoms with Crippen molar-refractivity contribution in [3.8, 4) is 5.88 Å². The van der Waals surface area contributed by atoms with E-state index in [0.717, 1.165) is 28.9 Å². The fraction of sp³-hybridized carbons (Fsp3) is 0.462. The Labute approximate surface area is 461 Å². The van der Waals surface area contributed by atoms with Crippen LogP contribution < -0.4 is 26.9 Å². The van der Waals surface area contributed by atoms with Crippen LogP contribution in [0.2, 0.25) is 0 Å². The molecule has 1 aromatic carbocycles. The average molecular weight is 1250 g/mol. The molecule has 0 saturated carbocycles. The van der Waals surface area contributed by atoms with Crippen molar-refractivity contribution in [3.63, 3.8) is 0 Å². The van der Waals surface area contributed by atoms with Crippen molar-refractivity contribution >= 4 is 82.5 Å². The number of halogens is 1. The summed E-state index contributed by atoms with van der Waals surface area (Å²) in [5.41, 5.74) is 11.0. The molecule has 83 heavy (non-hydrogen) atoms. The lowest BCUT2D eigenvalue weighted by atomic mass is 10.1. The summed E-state index contributed by atoms with van der Waals surface area (Å²) in [7, 11) is -21.1. The topological polar surface area (TPSA) is 548 Å². The number of aliphatic hydroxyl groups excluding tert-OH is 4. The van der Waals surface area contributed by atoms with Gasteiger partial charge in [0.1, 0.15) is 67.1 Å². The lowest BCUT2D eigenvalue weighted by Crippen LogP contribution is -2.38. The Kier molecular flexibility index (Phi) is 16.7. The highest BCUT2D eigenvalue weighted by Gasteiger charge is 2.54. The Bertz CT molecular complexity index is 3830. The van der Waals surface area contributed by atoms with Crippen LogP contribution in [0.25, 0.3) is 33.5 Å². The maximum Gasteiger partial charge on any atom is 0.490 e. The van der Waals surface area contributed by atoms with Crippen LogP contribution in [0, 0.1) is 5.82 Å². The van der Waals surface area contributed by atoms with Crippen LogP contribution in [0.5, 0.6) is 5.88 Å². The number of fused-ring (bicyclic) bond motifs is 3. The number of imidazole rings is 3. The van der Waals surface area contributed by atoms with E-state index in [1.54, 1.807) is 0 Å². The molecule has 15 N–H and O–H groups in total. The summed E-state index contributed by atoms with van der Waals surface area (Å²) in [4.78, 5) is 85.8. The van der Waals surface area contributed by atoms with Crippen LogP contribution in [0.1, 0.15) is 24.2 Å². The number of nitrogens with one attached hydrogen (secondary N) is 2. The Morgan fingerprint density at radius 2 is 1.27 bits per heavy atom. The van der Waals surface area contributed by atoms with E-state index < -0.39 is 142 Å². The molecule has 9 heterocycles.